The van der Waals surface area contributed by atoms with Crippen molar-refractivity contribution in [3.05, 3.63) is 0 Å². The van der Waals surface area contributed by atoms with Crippen molar-refractivity contribution in [1.29, 1.82) is 0 Å². The number of hydrogen-bond donors (Lipinski definition) is 1. The first-order valence-corrected chi connectivity index (χ1v) is 6.97. The van der Waals surface area contributed by atoms with Crippen molar-refractivity contribution in [1.82, 2.24) is 9.80 Å². The minimum atomic E-state index is -0.822. The Labute approximate surface area is 107 Å². The van der Waals surface area contributed by atoms with Crippen LogP contribution in [0.5, 0.6) is 0 Å². The third-order valence-corrected chi connectivity index (χ3v) is 4.77. The van der Waals surface area contributed by atoms with Crippen molar-refractivity contribution in [3.63, 3.8) is 0 Å². The van der Waals surface area contributed by atoms with Crippen molar-refractivity contribution in [2.75, 3.05) is 19.6 Å². The molecule has 1 aliphatic carbocycles. The Kier molecular flexibility index (Phi) is 2.92. The van der Waals surface area contributed by atoms with Gasteiger partial charge < -0.3 is 14.9 Å². The highest BCUT2D eigenvalue weighted by Gasteiger charge is 2.50. The molecule has 100 valence electrons. The largest absolute Gasteiger partial charge is 0.480 e. The molecule has 3 fully saturated rings. The van der Waals surface area contributed by atoms with Gasteiger partial charge in [0.05, 0.1) is 0 Å². The zero-order valence-corrected chi connectivity index (χ0v) is 10.5. The molecule has 0 bridgehead atoms. The third kappa shape index (κ3) is 1.76. The van der Waals surface area contributed by atoms with E-state index in [1.807, 2.05) is 4.90 Å². The lowest BCUT2D eigenvalue weighted by molar-refractivity contribution is -0.142. The fraction of sp³-hybridized carbons (Fsp3) is 0.846. The van der Waals surface area contributed by atoms with Gasteiger partial charge in [0.1, 0.15) is 6.04 Å². The molecule has 2 amide bonds. The van der Waals surface area contributed by atoms with E-state index in [1.165, 1.54) is 0 Å². The summed E-state index contributed by atoms with van der Waals surface area (Å²) in [6, 6.07) is -0.625. The highest BCUT2D eigenvalue weighted by atomic mass is 16.4. The summed E-state index contributed by atoms with van der Waals surface area (Å²) < 4.78 is 0. The van der Waals surface area contributed by atoms with Crippen molar-refractivity contribution in [2.24, 2.45) is 11.8 Å². The van der Waals surface area contributed by atoms with Gasteiger partial charge in [-0.1, -0.05) is 6.42 Å². The average molecular weight is 252 g/mol. The van der Waals surface area contributed by atoms with E-state index in [4.69, 9.17) is 0 Å². The van der Waals surface area contributed by atoms with Gasteiger partial charge in [0.15, 0.2) is 0 Å². The number of nitrogens with zero attached hydrogens (tertiary/aromatic N) is 2. The number of urea groups is 1. The molecule has 2 aliphatic heterocycles. The number of fused-ring (bicyclic) bond motifs is 1. The summed E-state index contributed by atoms with van der Waals surface area (Å²) in [7, 11) is 0. The number of amides is 2. The number of hydrogen-bond acceptors (Lipinski definition) is 2. The molecule has 5 heteroatoms. The van der Waals surface area contributed by atoms with Gasteiger partial charge >= 0.3 is 12.0 Å². The monoisotopic (exact) mass is 252 g/mol. The number of likely N-dealkylation sites (tertiary alicyclic amines) is 2. The van der Waals surface area contributed by atoms with Crippen LogP contribution in [0.2, 0.25) is 0 Å². The van der Waals surface area contributed by atoms with E-state index in [0.29, 0.717) is 12.5 Å². The van der Waals surface area contributed by atoms with Crippen LogP contribution in [-0.4, -0.2) is 52.6 Å². The summed E-state index contributed by atoms with van der Waals surface area (Å²) in [6.07, 6.45) is 5.25. The predicted octanol–water partition coefficient (Wildman–Crippen LogP) is 1.39. The van der Waals surface area contributed by atoms with Gasteiger partial charge in [-0.15, -0.1) is 0 Å². The molecule has 0 spiro atoms. The first-order chi connectivity index (χ1) is 8.68. The second-order valence-corrected chi connectivity index (χ2v) is 5.77. The van der Waals surface area contributed by atoms with E-state index in [-0.39, 0.29) is 11.9 Å². The van der Waals surface area contributed by atoms with Crippen LogP contribution >= 0.6 is 0 Å². The smallest absolute Gasteiger partial charge is 0.326 e. The quantitative estimate of drug-likeness (QED) is 0.767. The predicted molar refractivity (Wildman–Crippen MR) is 65.2 cm³/mol. The first kappa shape index (κ1) is 11.8. The number of carboxylic acids is 1. The molecule has 0 aromatic rings. The lowest BCUT2D eigenvalue weighted by Gasteiger charge is -2.28. The van der Waals surface area contributed by atoms with Crippen molar-refractivity contribution in [2.45, 2.75) is 38.1 Å². The highest BCUT2D eigenvalue weighted by Crippen LogP contribution is 2.42. The maximum absolute atomic E-state index is 12.4. The van der Waals surface area contributed by atoms with Gasteiger partial charge in [0, 0.05) is 19.6 Å². The second kappa shape index (κ2) is 4.44. The Morgan fingerprint density at radius 2 is 1.78 bits per heavy atom. The van der Waals surface area contributed by atoms with E-state index in [9.17, 15) is 14.7 Å². The number of carbonyl (C=O) groups excluding carboxylic acids is 1. The van der Waals surface area contributed by atoms with Crippen molar-refractivity contribution < 1.29 is 14.7 Å². The minimum Gasteiger partial charge on any atom is -0.480 e. The van der Waals surface area contributed by atoms with Crippen LogP contribution in [0.15, 0.2) is 0 Å². The molecule has 0 radical (unpaired) electrons. The summed E-state index contributed by atoms with van der Waals surface area (Å²) in [5.74, 6) is -0.219. The molecule has 3 unspecified atom stereocenters. The molecular formula is C13H20N2O3. The first-order valence-electron chi connectivity index (χ1n) is 6.97. The lowest BCUT2D eigenvalue weighted by atomic mass is 9.94. The van der Waals surface area contributed by atoms with Crippen LogP contribution in [0.4, 0.5) is 4.79 Å². The SMILES string of the molecule is O=C(O)C1C2CCCC2CN1C(=O)N1CCCC1. The van der Waals surface area contributed by atoms with E-state index in [0.717, 1.165) is 45.2 Å². The Morgan fingerprint density at radius 1 is 1.06 bits per heavy atom. The molecule has 3 aliphatic rings. The van der Waals surface area contributed by atoms with Gasteiger partial charge in [0.2, 0.25) is 0 Å². The van der Waals surface area contributed by atoms with Crippen LogP contribution in [0.3, 0.4) is 0 Å². The molecule has 2 heterocycles. The maximum atomic E-state index is 12.4. The molecule has 0 aromatic heterocycles. The number of rotatable bonds is 1. The van der Waals surface area contributed by atoms with Crippen LogP contribution < -0.4 is 0 Å². The zero-order chi connectivity index (χ0) is 12.7. The van der Waals surface area contributed by atoms with Gasteiger partial charge in [-0.05, 0) is 37.5 Å². The second-order valence-electron chi connectivity index (χ2n) is 5.77. The fourth-order valence-electron chi connectivity index (χ4n) is 3.91. The van der Waals surface area contributed by atoms with E-state index < -0.39 is 12.0 Å². The van der Waals surface area contributed by atoms with Gasteiger partial charge in [-0.25, -0.2) is 9.59 Å². The Bertz CT molecular complexity index is 365. The fourth-order valence-corrected chi connectivity index (χ4v) is 3.91. The van der Waals surface area contributed by atoms with Crippen LogP contribution in [-0.2, 0) is 4.79 Å². The molecule has 0 aromatic carbocycles. The summed E-state index contributed by atoms with van der Waals surface area (Å²) in [5, 5.41) is 9.41. The molecule has 5 nitrogen and oxygen atoms in total. The number of carbonyl (C=O) groups is 2. The topological polar surface area (TPSA) is 60.9 Å². The van der Waals surface area contributed by atoms with Crippen LogP contribution in [0.25, 0.3) is 0 Å². The van der Waals surface area contributed by atoms with Crippen LogP contribution in [0, 0.1) is 11.8 Å². The van der Waals surface area contributed by atoms with Gasteiger partial charge in [0.25, 0.3) is 0 Å². The van der Waals surface area contributed by atoms with E-state index in [1.54, 1.807) is 4.90 Å². The third-order valence-electron chi connectivity index (χ3n) is 4.77. The Balaban J connectivity index is 1.78. The minimum absolute atomic E-state index is 0.0469. The Hall–Kier alpha value is -1.26. The molecule has 18 heavy (non-hydrogen) atoms. The molecule has 1 saturated carbocycles. The number of aliphatic carboxylic acids is 1. The summed E-state index contributed by atoms with van der Waals surface area (Å²) >= 11 is 0. The highest BCUT2D eigenvalue weighted by molar-refractivity contribution is 5.84. The molecular weight excluding hydrogens is 232 g/mol. The summed E-state index contributed by atoms with van der Waals surface area (Å²) in [4.78, 5) is 27.3. The van der Waals surface area contributed by atoms with Gasteiger partial charge in [-0.3, -0.25) is 0 Å². The molecule has 1 N–H and O–H groups in total. The normalized spacial score (nSPS) is 35.0. The van der Waals surface area contributed by atoms with E-state index in [2.05, 4.69) is 0 Å². The Morgan fingerprint density at radius 3 is 2.44 bits per heavy atom. The van der Waals surface area contributed by atoms with Crippen LogP contribution in [0.1, 0.15) is 32.1 Å². The summed E-state index contributed by atoms with van der Waals surface area (Å²) in [5.41, 5.74) is 0. The molecule has 3 atom stereocenters. The standard InChI is InChI=1S/C13H20N2O3/c16-12(17)11-10-5-3-4-9(10)8-15(11)13(18)14-6-1-2-7-14/h9-11H,1-8H2,(H,16,17). The zero-order valence-electron chi connectivity index (χ0n) is 10.5. The molecule has 3 rings (SSSR count). The lowest BCUT2D eigenvalue weighted by Crippen LogP contribution is -2.48. The number of carboxylic acid groups (broad SMARTS) is 1. The maximum Gasteiger partial charge on any atom is 0.326 e. The average Bonchev–Trinajstić information content (AvgIpc) is 3.03. The van der Waals surface area contributed by atoms with Crippen molar-refractivity contribution in [3.8, 4) is 0 Å². The summed E-state index contributed by atoms with van der Waals surface area (Å²) in [6.45, 7) is 2.23. The molecule has 2 saturated heterocycles. The van der Waals surface area contributed by atoms with E-state index >= 15 is 0 Å². The van der Waals surface area contributed by atoms with Crippen molar-refractivity contribution >= 4 is 12.0 Å². The van der Waals surface area contributed by atoms with Gasteiger partial charge in [-0.2, -0.15) is 0 Å².